The minimum atomic E-state index is 0.278. The first kappa shape index (κ1) is 10.9. The van der Waals surface area contributed by atoms with E-state index >= 15 is 0 Å². The maximum atomic E-state index is 11.7. The number of hydrazine groups is 1. The molecule has 0 aromatic carbocycles. The van der Waals surface area contributed by atoms with Crippen LogP contribution in [0.5, 0.6) is 0 Å². The topological polar surface area (TPSA) is 44.4 Å². The van der Waals surface area contributed by atoms with E-state index in [2.05, 4.69) is 17.7 Å². The van der Waals surface area contributed by atoms with E-state index in [0.29, 0.717) is 18.4 Å². The second kappa shape index (κ2) is 4.94. The smallest absolute Gasteiger partial charge is 0.238 e. The molecule has 2 fully saturated rings. The molecule has 0 aliphatic carbocycles. The van der Waals surface area contributed by atoms with Crippen LogP contribution >= 0.6 is 0 Å². The lowest BCUT2D eigenvalue weighted by atomic mass is 9.98. The summed E-state index contributed by atoms with van der Waals surface area (Å²) in [5, 5.41) is 5.20. The number of nitrogens with one attached hydrogen (secondary N) is 2. The molecular weight excluding hydrogens is 190 g/mol. The van der Waals surface area contributed by atoms with E-state index in [4.69, 9.17) is 0 Å². The molecule has 2 rings (SSSR count). The third-order valence-corrected chi connectivity index (χ3v) is 3.45. The molecule has 2 heterocycles. The van der Waals surface area contributed by atoms with Crippen molar-refractivity contribution in [2.24, 2.45) is 5.92 Å². The van der Waals surface area contributed by atoms with Crippen LogP contribution in [0.25, 0.3) is 0 Å². The monoisotopic (exact) mass is 211 g/mol. The number of carbonyl (C=O) groups is 1. The minimum absolute atomic E-state index is 0.278. The number of hydrogen-bond donors (Lipinski definition) is 2. The summed E-state index contributed by atoms with van der Waals surface area (Å²) < 4.78 is 0. The quantitative estimate of drug-likeness (QED) is 0.714. The summed E-state index contributed by atoms with van der Waals surface area (Å²) >= 11 is 0. The molecule has 1 atom stereocenters. The molecular formula is C11H21N3O. The molecule has 0 aromatic heterocycles. The fourth-order valence-corrected chi connectivity index (χ4v) is 2.37. The molecule has 0 radical (unpaired) electrons. The first-order valence-corrected chi connectivity index (χ1v) is 6.07. The average molecular weight is 211 g/mol. The normalized spacial score (nSPS) is 28.7. The summed E-state index contributed by atoms with van der Waals surface area (Å²) in [7, 11) is 0. The number of rotatable bonds is 3. The van der Waals surface area contributed by atoms with E-state index in [1.807, 2.05) is 5.01 Å². The highest BCUT2D eigenvalue weighted by molar-refractivity contribution is 5.78. The Balaban J connectivity index is 1.81. The van der Waals surface area contributed by atoms with Gasteiger partial charge in [-0.15, -0.1) is 0 Å². The Morgan fingerprint density at radius 1 is 1.40 bits per heavy atom. The molecule has 15 heavy (non-hydrogen) atoms. The van der Waals surface area contributed by atoms with E-state index in [9.17, 15) is 4.79 Å². The number of hydrogen-bond acceptors (Lipinski definition) is 3. The summed E-state index contributed by atoms with van der Waals surface area (Å²) in [6.07, 6.45) is 4.11. The van der Waals surface area contributed by atoms with Gasteiger partial charge >= 0.3 is 0 Å². The fraction of sp³-hybridized carbons (Fsp3) is 0.909. The number of carbonyl (C=O) groups excluding carboxylic acids is 1. The van der Waals surface area contributed by atoms with Crippen molar-refractivity contribution in [3.05, 3.63) is 0 Å². The summed E-state index contributed by atoms with van der Waals surface area (Å²) in [4.78, 5) is 11.7. The number of nitrogens with zero attached hydrogens (tertiary/aromatic N) is 1. The Morgan fingerprint density at radius 3 is 2.73 bits per heavy atom. The molecule has 2 aliphatic rings. The Hall–Kier alpha value is -0.610. The van der Waals surface area contributed by atoms with Crippen LogP contribution in [0.4, 0.5) is 0 Å². The van der Waals surface area contributed by atoms with E-state index < -0.39 is 0 Å². The zero-order valence-corrected chi connectivity index (χ0v) is 9.46. The Kier molecular flexibility index (Phi) is 3.59. The molecule has 1 amide bonds. The molecule has 0 spiro atoms. The van der Waals surface area contributed by atoms with Gasteiger partial charge in [0.2, 0.25) is 5.91 Å². The maximum absolute atomic E-state index is 11.7. The molecule has 2 aliphatic heterocycles. The van der Waals surface area contributed by atoms with Crippen molar-refractivity contribution in [1.29, 1.82) is 0 Å². The van der Waals surface area contributed by atoms with E-state index in [0.717, 1.165) is 26.1 Å². The zero-order valence-electron chi connectivity index (χ0n) is 9.46. The number of amides is 1. The third-order valence-electron chi connectivity index (χ3n) is 3.45. The molecule has 0 bridgehead atoms. The van der Waals surface area contributed by atoms with Crippen molar-refractivity contribution in [3.8, 4) is 0 Å². The summed E-state index contributed by atoms with van der Waals surface area (Å²) in [6.45, 7) is 5.23. The first-order chi connectivity index (χ1) is 7.29. The Bertz CT molecular complexity index is 226. The van der Waals surface area contributed by atoms with Crippen LogP contribution in [0.15, 0.2) is 0 Å². The molecule has 4 nitrogen and oxygen atoms in total. The molecule has 4 heteroatoms. The minimum Gasteiger partial charge on any atom is -0.317 e. The van der Waals surface area contributed by atoms with Crippen LogP contribution in [0.2, 0.25) is 0 Å². The van der Waals surface area contributed by atoms with Gasteiger partial charge in [0.05, 0.1) is 0 Å². The standard InChI is InChI=1S/C11H21N3O/c1-2-10-7-11(15)14(13-10)8-9-3-5-12-6-4-9/h9-10,12-13H,2-8H2,1H3. The van der Waals surface area contributed by atoms with Crippen molar-refractivity contribution in [2.45, 2.75) is 38.6 Å². The number of piperidine rings is 1. The zero-order chi connectivity index (χ0) is 10.7. The largest absolute Gasteiger partial charge is 0.317 e. The van der Waals surface area contributed by atoms with E-state index in [1.54, 1.807) is 0 Å². The van der Waals surface area contributed by atoms with Crippen molar-refractivity contribution >= 4 is 5.91 Å². The van der Waals surface area contributed by atoms with Crippen molar-refractivity contribution < 1.29 is 4.79 Å². The van der Waals surface area contributed by atoms with Crippen molar-refractivity contribution in [1.82, 2.24) is 15.8 Å². The SMILES string of the molecule is CCC1CC(=O)N(CC2CCNCC2)N1. The predicted octanol–water partition coefficient (Wildman–Crippen LogP) is 0.501. The van der Waals surface area contributed by atoms with Gasteiger partial charge in [-0.05, 0) is 38.3 Å². The average Bonchev–Trinajstić information content (AvgIpc) is 2.61. The van der Waals surface area contributed by atoms with Crippen LogP contribution in [0.1, 0.15) is 32.6 Å². The third kappa shape index (κ3) is 2.69. The highest BCUT2D eigenvalue weighted by Crippen LogP contribution is 2.17. The fourth-order valence-electron chi connectivity index (χ4n) is 2.37. The first-order valence-electron chi connectivity index (χ1n) is 6.07. The Labute approximate surface area is 91.4 Å². The predicted molar refractivity (Wildman–Crippen MR) is 59.1 cm³/mol. The van der Waals surface area contributed by atoms with Gasteiger partial charge in [0.1, 0.15) is 0 Å². The highest BCUT2D eigenvalue weighted by atomic mass is 16.2. The summed E-state index contributed by atoms with van der Waals surface area (Å²) in [5.74, 6) is 0.957. The van der Waals surface area contributed by atoms with E-state index in [-0.39, 0.29) is 5.91 Å². The van der Waals surface area contributed by atoms with Crippen LogP contribution < -0.4 is 10.7 Å². The molecule has 86 valence electrons. The van der Waals surface area contributed by atoms with Gasteiger partial charge in [0.25, 0.3) is 0 Å². The summed E-state index contributed by atoms with van der Waals surface area (Å²) in [6, 6.07) is 0.374. The van der Waals surface area contributed by atoms with Gasteiger partial charge in [-0.3, -0.25) is 9.80 Å². The van der Waals surface area contributed by atoms with Crippen molar-refractivity contribution in [2.75, 3.05) is 19.6 Å². The van der Waals surface area contributed by atoms with Gasteiger partial charge in [0, 0.05) is 19.0 Å². The van der Waals surface area contributed by atoms with Gasteiger partial charge in [-0.2, -0.15) is 0 Å². The molecule has 2 N–H and O–H groups in total. The Morgan fingerprint density at radius 2 is 2.13 bits per heavy atom. The molecule has 0 aromatic rings. The lowest BCUT2D eigenvalue weighted by molar-refractivity contribution is -0.130. The van der Waals surface area contributed by atoms with Gasteiger partial charge in [0.15, 0.2) is 0 Å². The van der Waals surface area contributed by atoms with Crippen LogP contribution in [0, 0.1) is 5.92 Å². The van der Waals surface area contributed by atoms with Crippen LogP contribution in [0.3, 0.4) is 0 Å². The summed E-state index contributed by atoms with van der Waals surface area (Å²) in [5.41, 5.74) is 3.30. The highest BCUT2D eigenvalue weighted by Gasteiger charge is 2.29. The van der Waals surface area contributed by atoms with Crippen LogP contribution in [-0.4, -0.2) is 36.6 Å². The van der Waals surface area contributed by atoms with Gasteiger partial charge in [-0.1, -0.05) is 6.92 Å². The van der Waals surface area contributed by atoms with Crippen molar-refractivity contribution in [3.63, 3.8) is 0 Å². The van der Waals surface area contributed by atoms with Gasteiger partial charge in [-0.25, -0.2) is 5.43 Å². The molecule has 2 saturated heterocycles. The van der Waals surface area contributed by atoms with Gasteiger partial charge < -0.3 is 5.32 Å². The lowest BCUT2D eigenvalue weighted by Crippen LogP contribution is -2.43. The second-order valence-corrected chi connectivity index (χ2v) is 4.64. The second-order valence-electron chi connectivity index (χ2n) is 4.64. The maximum Gasteiger partial charge on any atom is 0.238 e. The molecule has 0 saturated carbocycles. The lowest BCUT2D eigenvalue weighted by Gasteiger charge is -2.27. The van der Waals surface area contributed by atoms with Crippen LogP contribution in [-0.2, 0) is 4.79 Å². The molecule has 1 unspecified atom stereocenters. The van der Waals surface area contributed by atoms with E-state index in [1.165, 1.54) is 12.8 Å².